The Morgan fingerprint density at radius 3 is 2.68 bits per heavy atom. The Morgan fingerprint density at radius 2 is 1.89 bits per heavy atom. The third kappa shape index (κ3) is 4.20. The summed E-state index contributed by atoms with van der Waals surface area (Å²) in [6, 6.07) is 18.0. The number of thioether (sulfide) groups is 1. The molecule has 0 saturated carbocycles. The van der Waals surface area contributed by atoms with Crippen molar-refractivity contribution in [2.24, 2.45) is 5.92 Å². The molecule has 2 unspecified atom stereocenters. The molecule has 0 saturated heterocycles. The van der Waals surface area contributed by atoms with Crippen LogP contribution >= 0.6 is 11.8 Å². The van der Waals surface area contributed by atoms with E-state index >= 15 is 0 Å². The Kier molecular flexibility index (Phi) is 5.92. The van der Waals surface area contributed by atoms with Gasteiger partial charge in [-0.15, -0.1) is 0 Å². The van der Waals surface area contributed by atoms with Crippen LogP contribution in [0.15, 0.2) is 100 Å². The molecule has 0 radical (unpaired) electrons. The molecule has 2 atom stereocenters. The van der Waals surface area contributed by atoms with Crippen LogP contribution < -0.4 is 0 Å². The van der Waals surface area contributed by atoms with Crippen molar-refractivity contribution in [3.8, 4) is 5.69 Å². The van der Waals surface area contributed by atoms with Crippen molar-refractivity contribution in [3.05, 3.63) is 117 Å². The minimum absolute atomic E-state index is 0.0209. The quantitative estimate of drug-likeness (QED) is 0.175. The molecule has 1 aliphatic carbocycles. The molecule has 0 amide bonds. The number of aryl methyl sites for hydroxylation is 1. The van der Waals surface area contributed by atoms with E-state index < -0.39 is 11.0 Å². The predicted octanol–water partition coefficient (Wildman–Crippen LogP) is 6.20. The second-order valence-corrected chi connectivity index (χ2v) is 10.3. The number of carbonyl (C=O) groups is 1. The van der Waals surface area contributed by atoms with Gasteiger partial charge in [0, 0.05) is 34.5 Å². The first-order valence-corrected chi connectivity index (χ1v) is 12.9. The van der Waals surface area contributed by atoms with Crippen molar-refractivity contribution in [1.82, 2.24) is 14.8 Å². The molecule has 0 N–H and O–H groups in total. The van der Waals surface area contributed by atoms with Crippen LogP contribution in [0.25, 0.3) is 22.3 Å². The van der Waals surface area contributed by atoms with Crippen molar-refractivity contribution in [2.45, 2.75) is 24.8 Å². The van der Waals surface area contributed by atoms with Crippen molar-refractivity contribution in [1.29, 1.82) is 0 Å². The van der Waals surface area contributed by atoms with E-state index in [2.05, 4.69) is 11.2 Å². The molecule has 38 heavy (non-hydrogen) atoms. The zero-order chi connectivity index (χ0) is 26.4. The largest absolute Gasteiger partial charge is 0.453 e. The van der Waals surface area contributed by atoms with Crippen LogP contribution in [0.5, 0.6) is 0 Å². The number of nitro benzene ring substituents is 1. The van der Waals surface area contributed by atoms with Crippen molar-refractivity contribution >= 4 is 40.0 Å². The van der Waals surface area contributed by atoms with Gasteiger partial charge in [-0.25, -0.2) is 14.5 Å². The second kappa shape index (κ2) is 9.42. The summed E-state index contributed by atoms with van der Waals surface area (Å²) in [5, 5.41) is 16.7. The van der Waals surface area contributed by atoms with Crippen LogP contribution in [0.4, 0.5) is 5.69 Å². The average molecular weight is 523 g/mol. The number of hydrogen-bond donors (Lipinski definition) is 0. The van der Waals surface area contributed by atoms with E-state index in [0.717, 1.165) is 32.7 Å². The Hall–Kier alpha value is -4.50. The van der Waals surface area contributed by atoms with Crippen LogP contribution in [0.1, 0.15) is 18.2 Å². The molecule has 3 heterocycles. The van der Waals surface area contributed by atoms with Crippen molar-refractivity contribution in [3.63, 3.8) is 0 Å². The number of benzene rings is 2. The minimum atomic E-state index is -0.432. The number of nitrogens with zero attached hydrogens (tertiary/aromatic N) is 4. The smallest absolute Gasteiger partial charge is 0.345 e. The number of esters is 1. The van der Waals surface area contributed by atoms with Crippen LogP contribution in [0, 0.1) is 23.0 Å². The standard InChI is InChI=1S/C29H22N4O4S/c1-17-11-12-25-24(13-17)26(27(29(34)37-25)38-22-9-4-3-5-10-22)19-14-23-18(2)31-32(28(23)30-16-19)20-7-6-8-21(15-20)33(35)36/h3-16,24-25H,1-2H3. The molecule has 6 rings (SSSR count). The van der Waals surface area contributed by atoms with Gasteiger partial charge >= 0.3 is 5.97 Å². The molecule has 0 spiro atoms. The highest BCUT2D eigenvalue weighted by atomic mass is 32.2. The number of pyridine rings is 1. The van der Waals surface area contributed by atoms with Crippen molar-refractivity contribution < 1.29 is 14.5 Å². The fourth-order valence-corrected chi connectivity index (χ4v) is 5.86. The topological polar surface area (TPSA) is 100 Å². The lowest BCUT2D eigenvalue weighted by Gasteiger charge is -2.33. The normalized spacial score (nSPS) is 18.8. The van der Waals surface area contributed by atoms with E-state index in [1.165, 1.54) is 23.9 Å². The molecule has 0 fully saturated rings. The molecule has 4 aromatic rings. The summed E-state index contributed by atoms with van der Waals surface area (Å²) in [7, 11) is 0. The molecule has 2 aromatic heterocycles. The van der Waals surface area contributed by atoms with E-state index in [4.69, 9.17) is 9.72 Å². The first-order valence-electron chi connectivity index (χ1n) is 12.0. The van der Waals surface area contributed by atoms with Crippen LogP contribution in [0.3, 0.4) is 0 Å². The number of fused-ring (bicyclic) bond motifs is 2. The molecule has 9 heteroatoms. The van der Waals surface area contributed by atoms with E-state index in [1.807, 2.05) is 62.4 Å². The summed E-state index contributed by atoms with van der Waals surface area (Å²) in [5.74, 6) is -0.521. The molecular formula is C29H22N4O4S. The first kappa shape index (κ1) is 23.9. The Balaban J connectivity index is 1.52. The molecular weight excluding hydrogens is 500 g/mol. The van der Waals surface area contributed by atoms with Gasteiger partial charge in [0.15, 0.2) is 5.65 Å². The van der Waals surface area contributed by atoms with Gasteiger partial charge in [0.1, 0.15) is 11.0 Å². The number of hydrogen-bond acceptors (Lipinski definition) is 7. The highest BCUT2D eigenvalue weighted by molar-refractivity contribution is 8.04. The summed E-state index contributed by atoms with van der Waals surface area (Å²) >= 11 is 1.39. The molecule has 1 aliphatic heterocycles. The lowest BCUT2D eigenvalue weighted by Crippen LogP contribution is -2.33. The monoisotopic (exact) mass is 522 g/mol. The molecule has 0 bridgehead atoms. The third-order valence-electron chi connectivity index (χ3n) is 6.62. The van der Waals surface area contributed by atoms with E-state index in [0.29, 0.717) is 16.2 Å². The second-order valence-electron chi connectivity index (χ2n) is 9.19. The SMILES string of the molecule is CC1=CC2C(c3cnc4c(c3)c(C)nn4-c3cccc([N+](=O)[O-])c3)=C(Sc3ccccc3)C(=O)OC2C=C1. The van der Waals surface area contributed by atoms with Gasteiger partial charge in [0.2, 0.25) is 0 Å². The predicted molar refractivity (Wildman–Crippen MR) is 146 cm³/mol. The number of ether oxygens (including phenoxy) is 1. The van der Waals surface area contributed by atoms with Gasteiger partial charge in [-0.2, -0.15) is 5.10 Å². The van der Waals surface area contributed by atoms with Gasteiger partial charge in [0.05, 0.1) is 16.3 Å². The number of nitro groups is 1. The maximum Gasteiger partial charge on any atom is 0.345 e. The molecule has 2 aliphatic rings. The van der Waals surface area contributed by atoms with Gasteiger partial charge in [-0.1, -0.05) is 53.8 Å². The molecule has 188 valence electrons. The third-order valence-corrected chi connectivity index (χ3v) is 7.72. The lowest BCUT2D eigenvalue weighted by molar-refractivity contribution is -0.384. The maximum absolute atomic E-state index is 13.3. The van der Waals surface area contributed by atoms with Gasteiger partial charge in [0.25, 0.3) is 5.69 Å². The van der Waals surface area contributed by atoms with Gasteiger partial charge in [-0.3, -0.25) is 10.1 Å². The summed E-state index contributed by atoms with van der Waals surface area (Å²) in [6.45, 7) is 3.90. The Bertz CT molecular complexity index is 1700. The molecule has 2 aromatic carbocycles. The van der Waals surface area contributed by atoms with E-state index in [-0.39, 0.29) is 17.6 Å². The summed E-state index contributed by atoms with van der Waals surface area (Å²) < 4.78 is 7.45. The lowest BCUT2D eigenvalue weighted by atomic mass is 9.82. The summed E-state index contributed by atoms with van der Waals surface area (Å²) in [5.41, 5.74) is 4.60. The summed E-state index contributed by atoms with van der Waals surface area (Å²) in [4.78, 5) is 30.4. The highest BCUT2D eigenvalue weighted by Gasteiger charge is 2.38. The van der Waals surface area contributed by atoms with Crippen LogP contribution in [-0.4, -0.2) is 31.8 Å². The minimum Gasteiger partial charge on any atom is -0.453 e. The van der Waals surface area contributed by atoms with Crippen LogP contribution in [-0.2, 0) is 9.53 Å². The summed E-state index contributed by atoms with van der Waals surface area (Å²) in [6.07, 6.45) is 7.37. The number of rotatable bonds is 5. The number of non-ortho nitro benzene ring substituents is 1. The fraction of sp³-hybridized carbons (Fsp3) is 0.138. The Morgan fingerprint density at radius 1 is 1.08 bits per heavy atom. The van der Waals surface area contributed by atoms with Gasteiger partial charge in [-0.05, 0) is 55.3 Å². The number of aromatic nitrogens is 3. The average Bonchev–Trinajstić information content (AvgIpc) is 3.25. The number of allylic oxidation sites excluding steroid dienone is 2. The maximum atomic E-state index is 13.3. The van der Waals surface area contributed by atoms with Crippen molar-refractivity contribution in [2.75, 3.05) is 0 Å². The van der Waals surface area contributed by atoms with Crippen LogP contribution in [0.2, 0.25) is 0 Å². The van der Waals surface area contributed by atoms with Gasteiger partial charge < -0.3 is 4.74 Å². The number of carbonyl (C=O) groups excluding carboxylic acids is 1. The Labute approximate surface area is 222 Å². The fourth-order valence-electron chi connectivity index (χ4n) is 4.83. The highest BCUT2D eigenvalue weighted by Crippen LogP contribution is 2.45. The first-order chi connectivity index (χ1) is 18.4. The molecule has 8 nitrogen and oxygen atoms in total. The van der Waals surface area contributed by atoms with E-state index in [9.17, 15) is 14.9 Å². The van der Waals surface area contributed by atoms with E-state index in [1.54, 1.807) is 23.0 Å². The zero-order valence-electron chi connectivity index (χ0n) is 20.6. The zero-order valence-corrected chi connectivity index (χ0v) is 21.4.